The molecule has 11 heteroatoms. The number of piperazine rings is 1. The summed E-state index contributed by atoms with van der Waals surface area (Å²) < 4.78 is 34.0. The minimum absolute atomic E-state index is 0.112. The Kier molecular flexibility index (Phi) is 7.51. The molecule has 3 saturated heterocycles. The molecule has 0 radical (unpaired) electrons. The molecule has 0 saturated carbocycles. The number of pyridine rings is 1. The Labute approximate surface area is 223 Å². The molecule has 3 atom stereocenters. The van der Waals surface area contributed by atoms with Crippen molar-refractivity contribution in [1.29, 1.82) is 0 Å². The Morgan fingerprint density at radius 3 is 2.50 bits per heavy atom. The lowest BCUT2D eigenvalue weighted by Crippen LogP contribution is -2.49. The van der Waals surface area contributed by atoms with Crippen LogP contribution in [0.4, 0.5) is 5.82 Å². The smallest absolute Gasteiger partial charge is 0.253 e. The van der Waals surface area contributed by atoms with E-state index in [9.17, 15) is 18.0 Å². The first kappa shape index (κ1) is 26.3. The molecule has 1 aromatic heterocycles. The van der Waals surface area contributed by atoms with E-state index in [4.69, 9.17) is 4.74 Å². The maximum atomic E-state index is 13.3. The van der Waals surface area contributed by atoms with E-state index in [-0.39, 0.29) is 35.3 Å². The average Bonchev–Trinajstić information content (AvgIpc) is 3.34. The second kappa shape index (κ2) is 10.8. The number of aromatic nitrogens is 1. The number of rotatable bonds is 6. The summed E-state index contributed by atoms with van der Waals surface area (Å²) in [5.74, 6) is 0.686. The van der Waals surface area contributed by atoms with Crippen LogP contribution < -0.4 is 10.2 Å². The van der Waals surface area contributed by atoms with Gasteiger partial charge in [0.05, 0.1) is 11.0 Å². The van der Waals surface area contributed by atoms with Gasteiger partial charge >= 0.3 is 0 Å². The second-order valence-electron chi connectivity index (χ2n) is 9.96. The van der Waals surface area contributed by atoms with Crippen LogP contribution in [-0.4, -0.2) is 86.0 Å². The van der Waals surface area contributed by atoms with Gasteiger partial charge in [0.2, 0.25) is 15.9 Å². The summed E-state index contributed by atoms with van der Waals surface area (Å²) >= 11 is 0. The van der Waals surface area contributed by atoms with Gasteiger partial charge in [0.1, 0.15) is 12.0 Å². The van der Waals surface area contributed by atoms with E-state index in [1.54, 1.807) is 17.0 Å². The van der Waals surface area contributed by atoms with Crippen LogP contribution in [-0.2, 0) is 19.6 Å². The Morgan fingerprint density at radius 2 is 1.82 bits per heavy atom. The minimum Gasteiger partial charge on any atom is -0.354 e. The van der Waals surface area contributed by atoms with E-state index in [0.717, 1.165) is 11.5 Å². The molecule has 2 amide bonds. The molecular weight excluding hydrogens is 506 g/mol. The molecule has 3 aliphatic heterocycles. The Bertz CT molecular complexity index is 1310. The lowest BCUT2D eigenvalue weighted by Gasteiger charge is -2.35. The number of aryl methyl sites for hydroxylation is 1. The number of nitrogens with one attached hydrogen (secondary N) is 1. The van der Waals surface area contributed by atoms with Crippen LogP contribution in [0.1, 0.15) is 28.9 Å². The topological polar surface area (TPSA) is 112 Å². The highest BCUT2D eigenvalue weighted by atomic mass is 32.2. The molecule has 3 fully saturated rings. The van der Waals surface area contributed by atoms with Gasteiger partial charge in [-0.1, -0.05) is 12.6 Å². The number of sulfonamides is 1. The lowest BCUT2D eigenvalue weighted by molar-refractivity contribution is -0.120. The van der Waals surface area contributed by atoms with E-state index >= 15 is 0 Å². The van der Waals surface area contributed by atoms with Crippen molar-refractivity contribution in [1.82, 2.24) is 19.5 Å². The summed E-state index contributed by atoms with van der Waals surface area (Å²) in [6.45, 7) is 8.53. The molecular formula is C27H33N5O5S. The Balaban J connectivity index is 1.18. The number of amides is 2. The van der Waals surface area contributed by atoms with E-state index < -0.39 is 16.3 Å². The number of nitrogens with zero attached hydrogens (tertiary/aromatic N) is 4. The normalized spacial score (nSPS) is 24.1. The van der Waals surface area contributed by atoms with Crippen LogP contribution in [0.5, 0.6) is 0 Å². The highest BCUT2D eigenvalue weighted by Gasteiger charge is 2.42. The van der Waals surface area contributed by atoms with Crippen molar-refractivity contribution >= 4 is 27.7 Å². The third-order valence-corrected chi connectivity index (χ3v) is 9.39. The summed E-state index contributed by atoms with van der Waals surface area (Å²) in [6.07, 6.45) is 1.80. The van der Waals surface area contributed by atoms with Crippen molar-refractivity contribution in [3.05, 3.63) is 66.4 Å². The summed E-state index contributed by atoms with van der Waals surface area (Å²) in [4.78, 5) is 33.4. The number of fused-ring (bicyclic) bond motifs is 1. The molecule has 2 aromatic rings. The standard InChI is InChI=1S/C27H33N5O5S/c1-3-25(33)29-26-17-21-11-12-32(18-23(21)37-26)38(35,36)22-9-7-20(8-10-22)27(34)31-15-13-30(14-16-31)24-6-4-5-19(2)28-24/h3-10,21,23,26H,1,11-18H2,2H3,(H,29,33). The molecule has 202 valence electrons. The third kappa shape index (κ3) is 5.45. The molecule has 38 heavy (non-hydrogen) atoms. The van der Waals surface area contributed by atoms with E-state index in [1.165, 1.54) is 22.5 Å². The van der Waals surface area contributed by atoms with Crippen molar-refractivity contribution in [3.63, 3.8) is 0 Å². The molecule has 3 unspecified atom stereocenters. The van der Waals surface area contributed by atoms with Crippen molar-refractivity contribution in [2.75, 3.05) is 44.2 Å². The maximum absolute atomic E-state index is 13.3. The Morgan fingerprint density at radius 1 is 1.08 bits per heavy atom. The first-order valence-electron chi connectivity index (χ1n) is 12.9. The van der Waals surface area contributed by atoms with Gasteiger partial charge in [0.25, 0.3) is 5.91 Å². The quantitative estimate of drug-likeness (QED) is 0.557. The largest absolute Gasteiger partial charge is 0.354 e. The van der Waals surface area contributed by atoms with Crippen LogP contribution in [0.3, 0.4) is 0 Å². The number of anilines is 1. The van der Waals surface area contributed by atoms with Crippen LogP contribution in [0.25, 0.3) is 0 Å². The molecule has 1 N–H and O–H groups in total. The number of benzene rings is 1. The zero-order chi connectivity index (χ0) is 26.9. The molecule has 0 bridgehead atoms. The minimum atomic E-state index is -3.74. The van der Waals surface area contributed by atoms with Gasteiger partial charge in [-0.15, -0.1) is 0 Å². The first-order chi connectivity index (χ1) is 18.2. The molecule has 5 rings (SSSR count). The number of carbonyl (C=O) groups is 2. The fraction of sp³-hybridized carbons (Fsp3) is 0.444. The summed E-state index contributed by atoms with van der Waals surface area (Å²) in [5, 5.41) is 2.74. The zero-order valence-electron chi connectivity index (χ0n) is 21.5. The number of hydrogen-bond acceptors (Lipinski definition) is 7. The van der Waals surface area contributed by atoms with Gasteiger partial charge in [0.15, 0.2) is 0 Å². The van der Waals surface area contributed by atoms with E-state index in [2.05, 4.69) is 21.8 Å². The van der Waals surface area contributed by atoms with Crippen LogP contribution in [0.2, 0.25) is 0 Å². The van der Waals surface area contributed by atoms with Crippen molar-refractivity contribution in [2.24, 2.45) is 5.92 Å². The van der Waals surface area contributed by atoms with Gasteiger partial charge < -0.3 is 19.9 Å². The van der Waals surface area contributed by atoms with Gasteiger partial charge in [-0.3, -0.25) is 9.59 Å². The summed E-state index contributed by atoms with van der Waals surface area (Å²) in [6, 6.07) is 12.1. The van der Waals surface area contributed by atoms with Gasteiger partial charge in [-0.05, 0) is 68.2 Å². The maximum Gasteiger partial charge on any atom is 0.253 e. The highest BCUT2D eigenvalue weighted by molar-refractivity contribution is 7.89. The number of ether oxygens (including phenoxy) is 1. The first-order valence-corrected chi connectivity index (χ1v) is 14.3. The SMILES string of the molecule is C=CC(=O)NC1CC2CCN(S(=O)(=O)c3ccc(C(=O)N4CCN(c5cccc(C)n5)CC4)cc3)CC2O1. The van der Waals surface area contributed by atoms with Crippen LogP contribution in [0.15, 0.2) is 60.0 Å². The van der Waals surface area contributed by atoms with E-state index in [1.807, 2.05) is 25.1 Å². The molecule has 3 aliphatic rings. The monoisotopic (exact) mass is 539 g/mol. The lowest BCUT2D eigenvalue weighted by atomic mass is 9.94. The average molecular weight is 540 g/mol. The van der Waals surface area contributed by atoms with Crippen molar-refractivity contribution in [2.45, 2.75) is 37.0 Å². The number of carbonyl (C=O) groups excluding carboxylic acids is 2. The van der Waals surface area contributed by atoms with Crippen LogP contribution in [0, 0.1) is 12.8 Å². The van der Waals surface area contributed by atoms with Gasteiger partial charge in [-0.2, -0.15) is 4.31 Å². The van der Waals surface area contributed by atoms with Gasteiger partial charge in [0, 0.05) is 50.5 Å². The summed E-state index contributed by atoms with van der Waals surface area (Å²) in [5.41, 5.74) is 1.42. The highest BCUT2D eigenvalue weighted by Crippen LogP contribution is 2.34. The molecule has 4 heterocycles. The number of hydrogen-bond donors (Lipinski definition) is 1. The summed E-state index contributed by atoms with van der Waals surface area (Å²) in [7, 11) is -3.74. The van der Waals surface area contributed by atoms with Crippen molar-refractivity contribution in [3.8, 4) is 0 Å². The second-order valence-corrected chi connectivity index (χ2v) is 11.9. The fourth-order valence-corrected chi connectivity index (χ4v) is 6.84. The third-order valence-electron chi connectivity index (χ3n) is 7.51. The molecule has 1 aromatic carbocycles. The molecule has 10 nitrogen and oxygen atoms in total. The fourth-order valence-electron chi connectivity index (χ4n) is 5.38. The predicted octanol–water partition coefficient (Wildman–Crippen LogP) is 1.78. The molecule has 0 aliphatic carbocycles. The number of piperidine rings is 1. The van der Waals surface area contributed by atoms with Crippen LogP contribution >= 0.6 is 0 Å². The Hall–Kier alpha value is -3.28. The van der Waals surface area contributed by atoms with E-state index in [0.29, 0.717) is 51.1 Å². The predicted molar refractivity (Wildman–Crippen MR) is 142 cm³/mol. The zero-order valence-corrected chi connectivity index (χ0v) is 22.3. The molecule has 0 spiro atoms. The van der Waals surface area contributed by atoms with Crippen molar-refractivity contribution < 1.29 is 22.7 Å². The van der Waals surface area contributed by atoms with Gasteiger partial charge in [-0.25, -0.2) is 13.4 Å².